The Morgan fingerprint density at radius 3 is 2.38 bits per heavy atom. The normalized spacial score (nSPS) is 10.3. The molecule has 0 saturated carbocycles. The molecule has 1 amide bonds. The summed E-state index contributed by atoms with van der Waals surface area (Å²) in [5, 5.41) is 3.83. The Morgan fingerprint density at radius 2 is 1.66 bits per heavy atom. The molecule has 5 nitrogen and oxygen atoms in total. The maximum absolute atomic E-state index is 12.7. The highest BCUT2D eigenvalue weighted by Gasteiger charge is 2.14. The Bertz CT molecular complexity index is 1020. The van der Waals surface area contributed by atoms with E-state index in [2.05, 4.69) is 5.32 Å². The van der Waals surface area contributed by atoms with Crippen LogP contribution < -0.4 is 19.5 Å². The Morgan fingerprint density at radius 1 is 0.897 bits per heavy atom. The minimum Gasteiger partial charge on any atom is -0.495 e. The van der Waals surface area contributed by atoms with E-state index in [1.807, 2.05) is 18.2 Å². The van der Waals surface area contributed by atoms with E-state index in [1.165, 1.54) is 14.2 Å². The number of amides is 1. The summed E-state index contributed by atoms with van der Waals surface area (Å²) in [6.07, 6.45) is 0. The monoisotopic (exact) mass is 431 g/mol. The van der Waals surface area contributed by atoms with Crippen molar-refractivity contribution < 1.29 is 19.0 Å². The van der Waals surface area contributed by atoms with Crippen molar-refractivity contribution in [2.45, 2.75) is 6.61 Å². The quantitative estimate of drug-likeness (QED) is 0.510. The summed E-state index contributed by atoms with van der Waals surface area (Å²) in [7, 11) is 3.00. The molecule has 0 heterocycles. The van der Waals surface area contributed by atoms with Crippen molar-refractivity contribution in [1.29, 1.82) is 0 Å². The van der Waals surface area contributed by atoms with Crippen LogP contribution in [-0.2, 0) is 6.61 Å². The fourth-order valence-corrected chi connectivity index (χ4v) is 3.08. The Kier molecular flexibility index (Phi) is 6.86. The molecule has 0 aromatic heterocycles. The van der Waals surface area contributed by atoms with Crippen LogP contribution in [-0.4, -0.2) is 20.1 Å². The van der Waals surface area contributed by atoms with E-state index in [1.54, 1.807) is 42.5 Å². The van der Waals surface area contributed by atoms with E-state index in [9.17, 15) is 4.79 Å². The van der Waals surface area contributed by atoms with Crippen molar-refractivity contribution in [3.63, 3.8) is 0 Å². The van der Waals surface area contributed by atoms with Gasteiger partial charge >= 0.3 is 0 Å². The zero-order valence-electron chi connectivity index (χ0n) is 15.9. The van der Waals surface area contributed by atoms with Crippen LogP contribution in [0.2, 0.25) is 10.0 Å². The molecule has 0 atom stereocenters. The van der Waals surface area contributed by atoms with Gasteiger partial charge in [0.25, 0.3) is 5.91 Å². The third-order valence-electron chi connectivity index (χ3n) is 4.17. The molecule has 0 saturated heterocycles. The number of ether oxygens (including phenoxy) is 3. The molecule has 1 N–H and O–H groups in total. The third-order valence-corrected chi connectivity index (χ3v) is 4.83. The molecule has 0 radical (unpaired) electrons. The molecule has 3 aromatic carbocycles. The standard InChI is InChI=1S/C22H19Cl2NO4/c1-27-20-12-19(21(28-2)11-18(20)24)25-22(26)14-7-5-8-16(10-14)29-13-15-6-3-4-9-17(15)23/h3-12H,13H2,1-2H3,(H,25,26). The molecular formula is C22H19Cl2NO4. The van der Waals surface area contributed by atoms with Gasteiger partial charge < -0.3 is 19.5 Å². The van der Waals surface area contributed by atoms with E-state index in [0.717, 1.165) is 5.56 Å². The minimum atomic E-state index is -0.323. The average Bonchev–Trinajstić information content (AvgIpc) is 2.74. The van der Waals surface area contributed by atoms with Crippen LogP contribution in [0.25, 0.3) is 0 Å². The van der Waals surface area contributed by atoms with Gasteiger partial charge in [-0.2, -0.15) is 0 Å². The molecule has 0 spiro atoms. The van der Waals surface area contributed by atoms with Crippen molar-refractivity contribution in [2.75, 3.05) is 19.5 Å². The molecule has 3 aromatic rings. The highest BCUT2D eigenvalue weighted by molar-refractivity contribution is 6.32. The second-order valence-electron chi connectivity index (χ2n) is 6.05. The third kappa shape index (κ3) is 5.13. The molecule has 29 heavy (non-hydrogen) atoms. The van der Waals surface area contributed by atoms with Crippen molar-refractivity contribution in [1.82, 2.24) is 0 Å². The highest BCUT2D eigenvalue weighted by Crippen LogP contribution is 2.36. The number of rotatable bonds is 7. The lowest BCUT2D eigenvalue weighted by atomic mass is 10.2. The second kappa shape index (κ2) is 9.54. The molecular weight excluding hydrogens is 413 g/mol. The Labute approximate surface area is 179 Å². The lowest BCUT2D eigenvalue weighted by molar-refractivity contribution is 0.102. The number of carbonyl (C=O) groups is 1. The predicted octanol–water partition coefficient (Wildman–Crippen LogP) is 5.84. The van der Waals surface area contributed by atoms with Gasteiger partial charge in [0, 0.05) is 28.3 Å². The van der Waals surface area contributed by atoms with Gasteiger partial charge in [-0.1, -0.05) is 47.5 Å². The molecule has 150 valence electrons. The first-order valence-corrected chi connectivity index (χ1v) is 9.46. The topological polar surface area (TPSA) is 56.8 Å². The maximum atomic E-state index is 12.7. The first-order valence-electron chi connectivity index (χ1n) is 8.71. The first-order chi connectivity index (χ1) is 14.0. The number of hydrogen-bond donors (Lipinski definition) is 1. The molecule has 3 rings (SSSR count). The van der Waals surface area contributed by atoms with Crippen molar-refractivity contribution in [2.24, 2.45) is 0 Å². The van der Waals surface area contributed by atoms with Gasteiger partial charge in [-0.25, -0.2) is 0 Å². The van der Waals surface area contributed by atoms with Gasteiger partial charge in [0.2, 0.25) is 0 Å². The number of methoxy groups -OCH3 is 2. The second-order valence-corrected chi connectivity index (χ2v) is 6.86. The van der Waals surface area contributed by atoms with Gasteiger partial charge in [0.1, 0.15) is 23.9 Å². The number of carbonyl (C=O) groups excluding carboxylic acids is 1. The zero-order valence-corrected chi connectivity index (χ0v) is 17.4. The van der Waals surface area contributed by atoms with Crippen LogP contribution in [0.5, 0.6) is 17.2 Å². The largest absolute Gasteiger partial charge is 0.495 e. The Hall–Kier alpha value is -2.89. The number of hydrogen-bond acceptors (Lipinski definition) is 4. The highest BCUT2D eigenvalue weighted by atomic mass is 35.5. The molecule has 0 aliphatic carbocycles. The fraction of sp³-hybridized carbons (Fsp3) is 0.136. The lowest BCUT2D eigenvalue weighted by Crippen LogP contribution is -2.13. The fourth-order valence-electron chi connectivity index (χ4n) is 2.66. The molecule has 0 unspecified atom stereocenters. The molecule has 0 aliphatic heterocycles. The van der Waals surface area contributed by atoms with Crippen LogP contribution in [0.1, 0.15) is 15.9 Å². The summed E-state index contributed by atoms with van der Waals surface area (Å²) in [6, 6.07) is 17.5. The van der Waals surface area contributed by atoms with Crippen molar-refractivity contribution in [3.8, 4) is 17.2 Å². The summed E-state index contributed by atoms with van der Waals surface area (Å²) < 4.78 is 16.3. The van der Waals surface area contributed by atoms with Crippen LogP contribution >= 0.6 is 23.2 Å². The average molecular weight is 432 g/mol. The minimum absolute atomic E-state index is 0.299. The number of nitrogens with one attached hydrogen (secondary N) is 1. The van der Waals surface area contributed by atoms with Crippen LogP contribution in [0.3, 0.4) is 0 Å². The molecule has 0 bridgehead atoms. The van der Waals surface area contributed by atoms with Crippen LogP contribution in [0, 0.1) is 0 Å². The summed E-state index contributed by atoms with van der Waals surface area (Å²) in [5.41, 5.74) is 1.74. The van der Waals surface area contributed by atoms with E-state index in [0.29, 0.717) is 45.2 Å². The predicted molar refractivity (Wildman–Crippen MR) is 115 cm³/mol. The summed E-state index contributed by atoms with van der Waals surface area (Å²) in [5.74, 6) is 1.09. The lowest BCUT2D eigenvalue weighted by Gasteiger charge is -2.14. The molecule has 0 fully saturated rings. The van der Waals surface area contributed by atoms with Gasteiger partial charge in [0.05, 0.1) is 24.9 Å². The van der Waals surface area contributed by atoms with Gasteiger partial charge in [-0.15, -0.1) is 0 Å². The SMILES string of the molecule is COc1cc(NC(=O)c2cccc(OCc3ccccc3Cl)c2)c(OC)cc1Cl. The summed E-state index contributed by atoms with van der Waals surface area (Å²) in [4.78, 5) is 12.7. The van der Waals surface area contributed by atoms with Crippen molar-refractivity contribution >= 4 is 34.8 Å². The Balaban J connectivity index is 1.75. The smallest absolute Gasteiger partial charge is 0.255 e. The number of benzene rings is 3. The molecule has 0 aliphatic rings. The number of anilines is 1. The maximum Gasteiger partial charge on any atom is 0.255 e. The zero-order chi connectivity index (χ0) is 20.8. The van der Waals surface area contributed by atoms with Crippen molar-refractivity contribution in [3.05, 3.63) is 81.8 Å². The van der Waals surface area contributed by atoms with E-state index in [-0.39, 0.29) is 5.91 Å². The number of halogens is 2. The summed E-state index contributed by atoms with van der Waals surface area (Å²) in [6.45, 7) is 0.299. The van der Waals surface area contributed by atoms with Gasteiger partial charge in [-0.05, 0) is 24.3 Å². The van der Waals surface area contributed by atoms with E-state index >= 15 is 0 Å². The van der Waals surface area contributed by atoms with Crippen LogP contribution in [0.15, 0.2) is 60.7 Å². The van der Waals surface area contributed by atoms with E-state index in [4.69, 9.17) is 37.4 Å². The van der Waals surface area contributed by atoms with Crippen LogP contribution in [0.4, 0.5) is 5.69 Å². The summed E-state index contributed by atoms with van der Waals surface area (Å²) >= 11 is 12.3. The first kappa shape index (κ1) is 20.8. The van der Waals surface area contributed by atoms with Gasteiger partial charge in [0.15, 0.2) is 0 Å². The molecule has 7 heteroatoms. The van der Waals surface area contributed by atoms with Gasteiger partial charge in [-0.3, -0.25) is 4.79 Å². The van der Waals surface area contributed by atoms with E-state index < -0.39 is 0 Å².